The van der Waals surface area contributed by atoms with Crippen molar-refractivity contribution in [2.45, 2.75) is 39.2 Å². The van der Waals surface area contributed by atoms with Crippen LogP contribution in [0.4, 0.5) is 5.82 Å². The second kappa shape index (κ2) is 6.55. The number of nitrogens with one attached hydrogen (secondary N) is 1. The van der Waals surface area contributed by atoms with Gasteiger partial charge in [0.1, 0.15) is 5.82 Å². The maximum atomic E-state index is 5.57. The molecule has 0 amide bonds. The molecule has 1 N–H and O–H groups in total. The van der Waals surface area contributed by atoms with Gasteiger partial charge in [-0.25, -0.2) is 4.98 Å². The zero-order valence-corrected chi connectivity index (χ0v) is 10.5. The van der Waals surface area contributed by atoms with Crippen molar-refractivity contribution < 1.29 is 4.74 Å². The summed E-state index contributed by atoms with van der Waals surface area (Å²) in [6.45, 7) is 4.49. The van der Waals surface area contributed by atoms with Gasteiger partial charge in [0.2, 0.25) is 0 Å². The van der Waals surface area contributed by atoms with E-state index in [0.29, 0.717) is 6.61 Å². The predicted molar refractivity (Wildman–Crippen MR) is 67.8 cm³/mol. The maximum Gasteiger partial charge on any atom is 0.144 e. The Morgan fingerprint density at radius 2 is 2.24 bits per heavy atom. The highest BCUT2D eigenvalue weighted by molar-refractivity contribution is 5.30. The third kappa shape index (κ3) is 4.69. The maximum absolute atomic E-state index is 5.57. The van der Waals surface area contributed by atoms with E-state index in [2.05, 4.69) is 22.2 Å². The highest BCUT2D eigenvalue weighted by Gasteiger charge is 2.20. The molecule has 4 nitrogen and oxygen atoms in total. The highest BCUT2D eigenvalue weighted by atomic mass is 16.5. The minimum Gasteiger partial charge on any atom is -0.375 e. The van der Waals surface area contributed by atoms with Crippen molar-refractivity contribution in [3.05, 3.63) is 18.1 Å². The topological polar surface area (TPSA) is 47.0 Å². The van der Waals surface area contributed by atoms with Gasteiger partial charge in [0.05, 0.1) is 24.7 Å². The normalized spacial score (nSPS) is 14.9. The highest BCUT2D eigenvalue weighted by Crippen LogP contribution is 2.32. The van der Waals surface area contributed by atoms with Crippen molar-refractivity contribution in [2.24, 2.45) is 5.92 Å². The van der Waals surface area contributed by atoms with Gasteiger partial charge in [0.25, 0.3) is 0 Å². The fourth-order valence-electron chi connectivity index (χ4n) is 1.61. The Bertz CT molecular complexity index is 322. The average Bonchev–Trinajstić information content (AvgIpc) is 3.18. The first kappa shape index (κ1) is 12.3. The molecule has 4 heteroatoms. The van der Waals surface area contributed by atoms with Gasteiger partial charge in [0.15, 0.2) is 0 Å². The van der Waals surface area contributed by atoms with E-state index in [4.69, 9.17) is 4.74 Å². The smallest absolute Gasteiger partial charge is 0.144 e. The lowest BCUT2D eigenvalue weighted by atomic mass is 10.3. The molecule has 94 valence electrons. The monoisotopic (exact) mass is 235 g/mol. The molecule has 1 fully saturated rings. The molecular formula is C13H21N3O. The van der Waals surface area contributed by atoms with E-state index in [1.54, 1.807) is 12.4 Å². The number of aromatic nitrogens is 2. The van der Waals surface area contributed by atoms with E-state index >= 15 is 0 Å². The summed E-state index contributed by atoms with van der Waals surface area (Å²) in [6, 6.07) is 0. The van der Waals surface area contributed by atoms with Crippen LogP contribution in [0.5, 0.6) is 0 Å². The molecule has 0 aromatic carbocycles. The lowest BCUT2D eigenvalue weighted by molar-refractivity contribution is 0.112. The molecule has 0 spiro atoms. The molecule has 17 heavy (non-hydrogen) atoms. The molecule has 1 heterocycles. The molecule has 1 saturated carbocycles. The first-order valence-electron chi connectivity index (χ1n) is 6.51. The van der Waals surface area contributed by atoms with Gasteiger partial charge in [0, 0.05) is 13.2 Å². The molecule has 0 bridgehead atoms. The lowest BCUT2D eigenvalue weighted by Gasteiger charge is -2.05. The molecule has 0 aliphatic heterocycles. The third-order valence-corrected chi connectivity index (χ3v) is 2.88. The summed E-state index contributed by atoms with van der Waals surface area (Å²) >= 11 is 0. The third-order valence-electron chi connectivity index (χ3n) is 2.88. The number of anilines is 1. The summed E-state index contributed by atoms with van der Waals surface area (Å²) in [6.07, 6.45) is 8.63. The van der Waals surface area contributed by atoms with Crippen LogP contribution in [0.3, 0.4) is 0 Å². The van der Waals surface area contributed by atoms with E-state index in [1.165, 1.54) is 19.3 Å². The van der Waals surface area contributed by atoms with Gasteiger partial charge >= 0.3 is 0 Å². The first-order chi connectivity index (χ1) is 8.38. The summed E-state index contributed by atoms with van der Waals surface area (Å²) < 4.78 is 5.57. The van der Waals surface area contributed by atoms with Gasteiger partial charge < -0.3 is 10.1 Å². The number of nitrogens with zero attached hydrogens (tertiary/aromatic N) is 2. The van der Waals surface area contributed by atoms with Crippen LogP contribution in [0.1, 0.15) is 38.3 Å². The molecule has 0 saturated heterocycles. The summed E-state index contributed by atoms with van der Waals surface area (Å²) in [4.78, 5) is 8.60. The van der Waals surface area contributed by atoms with Crippen molar-refractivity contribution in [2.75, 3.05) is 18.5 Å². The molecule has 1 aliphatic rings. The summed E-state index contributed by atoms with van der Waals surface area (Å²) in [5.74, 6) is 1.77. The van der Waals surface area contributed by atoms with E-state index in [9.17, 15) is 0 Å². The van der Waals surface area contributed by atoms with Gasteiger partial charge in [-0.3, -0.25) is 4.98 Å². The second-order valence-corrected chi connectivity index (χ2v) is 4.60. The zero-order valence-electron chi connectivity index (χ0n) is 10.5. The fourth-order valence-corrected chi connectivity index (χ4v) is 1.61. The van der Waals surface area contributed by atoms with Crippen LogP contribution in [0.15, 0.2) is 12.4 Å². The average molecular weight is 235 g/mol. The molecule has 0 radical (unpaired) electrons. The van der Waals surface area contributed by atoms with Crippen molar-refractivity contribution in [1.82, 2.24) is 9.97 Å². The molecule has 1 aromatic rings. The standard InChI is InChI=1S/C13H21N3O/c1-2-6-14-13-9-15-12(8-16-13)10-17-7-5-11-3-4-11/h8-9,11H,2-7,10H2,1H3,(H,14,16). The number of hydrogen-bond donors (Lipinski definition) is 1. The van der Waals surface area contributed by atoms with Crippen LogP contribution in [0, 0.1) is 5.92 Å². The lowest BCUT2D eigenvalue weighted by Crippen LogP contribution is -2.04. The largest absolute Gasteiger partial charge is 0.375 e. The van der Waals surface area contributed by atoms with Gasteiger partial charge in [-0.2, -0.15) is 0 Å². The Morgan fingerprint density at radius 1 is 1.35 bits per heavy atom. The Kier molecular flexibility index (Phi) is 4.74. The van der Waals surface area contributed by atoms with Crippen molar-refractivity contribution in [1.29, 1.82) is 0 Å². The summed E-state index contributed by atoms with van der Waals surface area (Å²) in [5.41, 5.74) is 0.905. The van der Waals surface area contributed by atoms with Gasteiger partial charge in [-0.1, -0.05) is 19.8 Å². The van der Waals surface area contributed by atoms with E-state index < -0.39 is 0 Å². The molecule has 1 aromatic heterocycles. The number of hydrogen-bond acceptors (Lipinski definition) is 4. The second-order valence-electron chi connectivity index (χ2n) is 4.60. The fraction of sp³-hybridized carbons (Fsp3) is 0.692. The first-order valence-corrected chi connectivity index (χ1v) is 6.51. The zero-order chi connectivity index (χ0) is 11.9. The SMILES string of the molecule is CCCNc1cnc(COCCC2CC2)cn1. The minimum atomic E-state index is 0.577. The number of ether oxygens (including phenoxy) is 1. The molecule has 0 atom stereocenters. The van der Waals surface area contributed by atoms with Crippen LogP contribution in [0.25, 0.3) is 0 Å². The van der Waals surface area contributed by atoms with Crippen LogP contribution < -0.4 is 5.32 Å². The Morgan fingerprint density at radius 3 is 2.88 bits per heavy atom. The van der Waals surface area contributed by atoms with E-state index in [1.807, 2.05) is 0 Å². The molecule has 2 rings (SSSR count). The van der Waals surface area contributed by atoms with Crippen LogP contribution in [-0.2, 0) is 11.3 Å². The Labute approximate surface area is 103 Å². The molecule has 1 aliphatic carbocycles. The van der Waals surface area contributed by atoms with Gasteiger partial charge in [-0.15, -0.1) is 0 Å². The van der Waals surface area contributed by atoms with Crippen molar-refractivity contribution >= 4 is 5.82 Å². The Balaban J connectivity index is 1.65. The molecular weight excluding hydrogens is 214 g/mol. The molecule has 0 unspecified atom stereocenters. The van der Waals surface area contributed by atoms with Gasteiger partial charge in [-0.05, 0) is 18.8 Å². The summed E-state index contributed by atoms with van der Waals surface area (Å²) in [5, 5.41) is 3.20. The van der Waals surface area contributed by atoms with E-state index in [0.717, 1.165) is 37.0 Å². The Hall–Kier alpha value is -1.16. The number of rotatable bonds is 8. The predicted octanol–water partition coefficient (Wildman–Crippen LogP) is 2.62. The summed E-state index contributed by atoms with van der Waals surface area (Å²) in [7, 11) is 0. The van der Waals surface area contributed by atoms with Crippen molar-refractivity contribution in [3.8, 4) is 0 Å². The minimum absolute atomic E-state index is 0.577. The van der Waals surface area contributed by atoms with Crippen LogP contribution in [0.2, 0.25) is 0 Å². The quantitative estimate of drug-likeness (QED) is 0.704. The van der Waals surface area contributed by atoms with Crippen LogP contribution in [-0.4, -0.2) is 23.1 Å². The van der Waals surface area contributed by atoms with Crippen molar-refractivity contribution in [3.63, 3.8) is 0 Å². The van der Waals surface area contributed by atoms with E-state index in [-0.39, 0.29) is 0 Å². The van der Waals surface area contributed by atoms with Crippen LogP contribution >= 0.6 is 0 Å².